The van der Waals surface area contributed by atoms with E-state index in [9.17, 15) is 4.79 Å². The van der Waals surface area contributed by atoms with Crippen LogP contribution in [0.2, 0.25) is 10.0 Å². The molecule has 1 unspecified atom stereocenters. The van der Waals surface area contributed by atoms with Crippen molar-refractivity contribution in [3.63, 3.8) is 0 Å². The number of nitrogens with zero attached hydrogens (tertiary/aromatic N) is 1. The van der Waals surface area contributed by atoms with Crippen LogP contribution in [0.3, 0.4) is 0 Å². The molecule has 0 heterocycles. The second-order valence-corrected chi connectivity index (χ2v) is 4.74. The largest absolute Gasteiger partial charge is 0.395 e. The fourth-order valence-electron chi connectivity index (χ4n) is 1.48. The molecule has 18 heavy (non-hydrogen) atoms. The zero-order valence-corrected chi connectivity index (χ0v) is 11.8. The fourth-order valence-corrected chi connectivity index (χ4v) is 1.95. The predicted octanol–water partition coefficient (Wildman–Crippen LogP) is 2.69. The first-order valence-corrected chi connectivity index (χ1v) is 6.29. The summed E-state index contributed by atoms with van der Waals surface area (Å²) in [5.74, 6) is 0. The Labute approximate surface area is 116 Å². The van der Waals surface area contributed by atoms with E-state index in [2.05, 4.69) is 5.32 Å². The van der Waals surface area contributed by atoms with Crippen molar-refractivity contribution >= 4 is 29.2 Å². The number of halogens is 2. The van der Waals surface area contributed by atoms with Gasteiger partial charge in [0.2, 0.25) is 0 Å². The molecule has 1 atom stereocenters. The third-order valence-corrected chi connectivity index (χ3v) is 3.40. The summed E-state index contributed by atoms with van der Waals surface area (Å²) >= 11 is 12.0. The molecule has 0 aliphatic rings. The van der Waals surface area contributed by atoms with Crippen molar-refractivity contribution in [2.45, 2.75) is 13.0 Å². The molecule has 2 N–H and O–H groups in total. The van der Waals surface area contributed by atoms with Crippen LogP contribution < -0.4 is 5.32 Å². The molecule has 4 nitrogen and oxygen atoms in total. The molecular weight excluding hydrogens is 275 g/mol. The number of aliphatic hydroxyl groups is 1. The van der Waals surface area contributed by atoms with Gasteiger partial charge in [0.05, 0.1) is 22.7 Å². The minimum absolute atomic E-state index is 0.0732. The van der Waals surface area contributed by atoms with Crippen molar-refractivity contribution in [3.8, 4) is 0 Å². The summed E-state index contributed by atoms with van der Waals surface area (Å²) in [6.07, 6.45) is 0. The van der Waals surface area contributed by atoms with E-state index in [0.29, 0.717) is 10.0 Å². The quantitative estimate of drug-likeness (QED) is 0.896. The number of aliphatic hydroxyl groups excluding tert-OH is 1. The number of amides is 2. The van der Waals surface area contributed by atoms with Gasteiger partial charge in [0.1, 0.15) is 0 Å². The second kappa shape index (κ2) is 6.83. The topological polar surface area (TPSA) is 52.6 Å². The highest BCUT2D eigenvalue weighted by Gasteiger charge is 2.16. The Morgan fingerprint density at radius 3 is 2.78 bits per heavy atom. The maximum absolute atomic E-state index is 11.7. The zero-order chi connectivity index (χ0) is 13.7. The van der Waals surface area contributed by atoms with Crippen LogP contribution in [0.15, 0.2) is 18.2 Å². The molecule has 100 valence electrons. The SMILES string of the molecule is CC(NC(=O)N(C)CCO)c1cccc(Cl)c1Cl. The van der Waals surface area contributed by atoms with Gasteiger partial charge >= 0.3 is 6.03 Å². The molecule has 0 bridgehead atoms. The Kier molecular flexibility index (Phi) is 5.72. The Bertz CT molecular complexity index is 427. The van der Waals surface area contributed by atoms with Crippen molar-refractivity contribution in [1.29, 1.82) is 0 Å². The first-order chi connectivity index (χ1) is 8.47. The standard InChI is InChI=1S/C12H16Cl2N2O2/c1-8(15-12(18)16(2)6-7-17)9-4-3-5-10(13)11(9)14/h3-5,8,17H,6-7H2,1-2H3,(H,15,18). The number of hydrogen-bond acceptors (Lipinski definition) is 2. The molecule has 6 heteroatoms. The molecule has 0 fully saturated rings. The fraction of sp³-hybridized carbons (Fsp3) is 0.417. The lowest BCUT2D eigenvalue weighted by atomic mass is 10.1. The highest BCUT2D eigenvalue weighted by molar-refractivity contribution is 6.42. The molecule has 0 saturated carbocycles. The van der Waals surface area contributed by atoms with Crippen molar-refractivity contribution in [2.75, 3.05) is 20.2 Å². The third-order valence-electron chi connectivity index (χ3n) is 2.57. The average Bonchev–Trinajstić information content (AvgIpc) is 2.32. The molecular formula is C12H16Cl2N2O2. The monoisotopic (exact) mass is 290 g/mol. The zero-order valence-electron chi connectivity index (χ0n) is 10.3. The summed E-state index contributed by atoms with van der Waals surface area (Å²) in [5, 5.41) is 12.4. The minimum Gasteiger partial charge on any atom is -0.395 e. The summed E-state index contributed by atoms with van der Waals surface area (Å²) in [6, 6.07) is 4.76. The van der Waals surface area contributed by atoms with Gasteiger partial charge in [0.25, 0.3) is 0 Å². The van der Waals surface area contributed by atoms with E-state index in [1.54, 1.807) is 19.2 Å². The van der Waals surface area contributed by atoms with E-state index in [0.717, 1.165) is 5.56 Å². The van der Waals surface area contributed by atoms with Gasteiger partial charge in [0.15, 0.2) is 0 Å². The number of benzene rings is 1. The predicted molar refractivity (Wildman–Crippen MR) is 73.1 cm³/mol. The van der Waals surface area contributed by atoms with Gasteiger partial charge in [-0.25, -0.2) is 4.79 Å². The van der Waals surface area contributed by atoms with E-state index in [1.165, 1.54) is 4.90 Å². The molecule has 0 aliphatic heterocycles. The average molecular weight is 291 g/mol. The minimum atomic E-state index is -0.271. The number of hydrogen-bond donors (Lipinski definition) is 2. The molecule has 1 aromatic rings. The second-order valence-electron chi connectivity index (χ2n) is 3.96. The maximum Gasteiger partial charge on any atom is 0.317 e. The third kappa shape index (κ3) is 3.77. The van der Waals surface area contributed by atoms with Gasteiger partial charge in [-0.15, -0.1) is 0 Å². The van der Waals surface area contributed by atoms with Gasteiger partial charge in [-0.05, 0) is 18.6 Å². The van der Waals surface area contributed by atoms with Crippen LogP contribution in [-0.2, 0) is 0 Å². The maximum atomic E-state index is 11.7. The van der Waals surface area contributed by atoms with Gasteiger partial charge in [-0.2, -0.15) is 0 Å². The molecule has 0 aliphatic carbocycles. The Balaban J connectivity index is 2.73. The Morgan fingerprint density at radius 1 is 1.50 bits per heavy atom. The summed E-state index contributed by atoms with van der Waals surface area (Å²) in [6.45, 7) is 2.03. The number of carbonyl (C=O) groups is 1. The normalized spacial score (nSPS) is 12.1. The first kappa shape index (κ1) is 15.1. The molecule has 0 spiro atoms. The summed E-state index contributed by atoms with van der Waals surface area (Å²) in [7, 11) is 1.61. The number of likely N-dealkylation sites (N-methyl/N-ethyl adjacent to an activating group) is 1. The van der Waals surface area contributed by atoms with Gasteiger partial charge in [-0.3, -0.25) is 0 Å². The summed E-state index contributed by atoms with van der Waals surface area (Å²) in [5.41, 5.74) is 0.759. The van der Waals surface area contributed by atoms with Crippen molar-refractivity contribution < 1.29 is 9.90 Å². The van der Waals surface area contributed by atoms with E-state index < -0.39 is 0 Å². The molecule has 0 aromatic heterocycles. The molecule has 0 radical (unpaired) electrons. The highest BCUT2D eigenvalue weighted by atomic mass is 35.5. The summed E-state index contributed by atoms with van der Waals surface area (Å²) in [4.78, 5) is 13.1. The van der Waals surface area contributed by atoms with E-state index >= 15 is 0 Å². The highest BCUT2D eigenvalue weighted by Crippen LogP contribution is 2.29. The first-order valence-electron chi connectivity index (χ1n) is 5.53. The van der Waals surface area contributed by atoms with Crippen LogP contribution in [-0.4, -0.2) is 36.2 Å². The van der Waals surface area contributed by atoms with Crippen LogP contribution >= 0.6 is 23.2 Å². The van der Waals surface area contributed by atoms with Crippen molar-refractivity contribution in [2.24, 2.45) is 0 Å². The van der Waals surface area contributed by atoms with Gasteiger partial charge < -0.3 is 15.3 Å². The van der Waals surface area contributed by atoms with E-state index in [1.807, 2.05) is 13.0 Å². The number of urea groups is 1. The molecule has 0 saturated heterocycles. The van der Waals surface area contributed by atoms with Gasteiger partial charge in [-0.1, -0.05) is 35.3 Å². The van der Waals surface area contributed by atoms with Crippen molar-refractivity contribution in [3.05, 3.63) is 33.8 Å². The lowest BCUT2D eigenvalue weighted by Crippen LogP contribution is -2.39. The lowest BCUT2D eigenvalue weighted by Gasteiger charge is -2.21. The Morgan fingerprint density at radius 2 is 2.17 bits per heavy atom. The van der Waals surface area contributed by atoms with Crippen LogP contribution in [0, 0.1) is 0 Å². The van der Waals surface area contributed by atoms with E-state index in [4.69, 9.17) is 28.3 Å². The van der Waals surface area contributed by atoms with Crippen LogP contribution in [0.25, 0.3) is 0 Å². The molecule has 2 amide bonds. The van der Waals surface area contributed by atoms with Crippen LogP contribution in [0.1, 0.15) is 18.5 Å². The summed E-state index contributed by atoms with van der Waals surface area (Å²) < 4.78 is 0. The van der Waals surface area contributed by atoms with E-state index in [-0.39, 0.29) is 25.2 Å². The molecule has 1 aromatic carbocycles. The van der Waals surface area contributed by atoms with Crippen molar-refractivity contribution in [1.82, 2.24) is 10.2 Å². The number of nitrogens with one attached hydrogen (secondary N) is 1. The smallest absolute Gasteiger partial charge is 0.317 e. The number of carbonyl (C=O) groups excluding carboxylic acids is 1. The molecule has 1 rings (SSSR count). The van der Waals surface area contributed by atoms with Crippen LogP contribution in [0.5, 0.6) is 0 Å². The number of rotatable bonds is 4. The van der Waals surface area contributed by atoms with Gasteiger partial charge in [0, 0.05) is 13.6 Å². The Hall–Kier alpha value is -0.970. The van der Waals surface area contributed by atoms with Crippen LogP contribution in [0.4, 0.5) is 4.79 Å². The lowest BCUT2D eigenvalue weighted by molar-refractivity contribution is 0.188.